The first-order valence-corrected chi connectivity index (χ1v) is 15.7. The molecular formula is C35H53FO. The summed E-state index contributed by atoms with van der Waals surface area (Å²) in [5.41, 5.74) is 2.97. The van der Waals surface area contributed by atoms with Crippen molar-refractivity contribution in [2.24, 2.45) is 11.8 Å². The van der Waals surface area contributed by atoms with E-state index in [0.29, 0.717) is 23.1 Å². The Balaban J connectivity index is 1.68. The van der Waals surface area contributed by atoms with Crippen LogP contribution < -0.4 is 4.74 Å². The third kappa shape index (κ3) is 9.77. The molecule has 0 bridgehead atoms. The Hall–Kier alpha value is -1.83. The third-order valence-electron chi connectivity index (χ3n) is 8.46. The molecule has 2 aromatic rings. The highest BCUT2D eigenvalue weighted by molar-refractivity contribution is 5.65. The van der Waals surface area contributed by atoms with E-state index in [2.05, 4.69) is 45.0 Å². The number of rotatable bonds is 17. The van der Waals surface area contributed by atoms with E-state index in [1.54, 1.807) is 6.07 Å². The van der Waals surface area contributed by atoms with E-state index >= 15 is 4.39 Å². The molecule has 1 fully saturated rings. The predicted octanol–water partition coefficient (Wildman–Crippen LogP) is 11.3. The van der Waals surface area contributed by atoms with E-state index < -0.39 is 0 Å². The van der Waals surface area contributed by atoms with E-state index in [9.17, 15) is 0 Å². The maximum atomic E-state index is 15.4. The van der Waals surface area contributed by atoms with Crippen LogP contribution >= 0.6 is 0 Å². The third-order valence-corrected chi connectivity index (χ3v) is 8.46. The van der Waals surface area contributed by atoms with Crippen molar-refractivity contribution in [3.05, 3.63) is 53.8 Å². The van der Waals surface area contributed by atoms with Crippen molar-refractivity contribution in [3.8, 4) is 16.9 Å². The lowest BCUT2D eigenvalue weighted by molar-refractivity contribution is 0.0458. The Morgan fingerprint density at radius 1 is 0.757 bits per heavy atom. The van der Waals surface area contributed by atoms with E-state index in [4.69, 9.17) is 4.74 Å². The van der Waals surface area contributed by atoms with Crippen LogP contribution in [0.3, 0.4) is 0 Å². The molecule has 206 valence electrons. The maximum absolute atomic E-state index is 15.4. The number of hydrogen-bond donors (Lipinski definition) is 0. The Morgan fingerprint density at radius 2 is 1.46 bits per heavy atom. The van der Waals surface area contributed by atoms with Gasteiger partial charge in [0.25, 0.3) is 0 Å². The van der Waals surface area contributed by atoms with Gasteiger partial charge in [0.15, 0.2) is 0 Å². The number of unbranched alkanes of at least 4 members (excludes halogenated alkanes) is 6. The van der Waals surface area contributed by atoms with Gasteiger partial charge in [-0.25, -0.2) is 4.39 Å². The molecule has 0 aromatic heterocycles. The first kappa shape index (κ1) is 29.7. The second kappa shape index (κ2) is 16.9. The highest BCUT2D eigenvalue weighted by Gasteiger charge is 2.32. The van der Waals surface area contributed by atoms with Gasteiger partial charge in [-0.15, -0.1) is 0 Å². The molecule has 1 aliphatic carbocycles. The van der Waals surface area contributed by atoms with E-state index in [1.807, 2.05) is 12.1 Å². The second-order valence-electron chi connectivity index (χ2n) is 11.5. The summed E-state index contributed by atoms with van der Waals surface area (Å²) in [7, 11) is 0. The lowest BCUT2D eigenvalue weighted by Gasteiger charge is -2.36. The molecule has 0 heterocycles. The molecule has 1 saturated carbocycles. The van der Waals surface area contributed by atoms with E-state index in [1.165, 1.54) is 108 Å². The van der Waals surface area contributed by atoms with Gasteiger partial charge >= 0.3 is 0 Å². The zero-order valence-corrected chi connectivity index (χ0v) is 24.1. The summed E-state index contributed by atoms with van der Waals surface area (Å²) >= 11 is 0. The van der Waals surface area contributed by atoms with E-state index in [0.717, 1.165) is 12.0 Å². The Labute approximate surface area is 227 Å². The van der Waals surface area contributed by atoms with Crippen LogP contribution in [-0.2, 0) is 6.42 Å². The van der Waals surface area contributed by atoms with Crippen LogP contribution in [0, 0.1) is 17.7 Å². The van der Waals surface area contributed by atoms with Crippen molar-refractivity contribution in [1.29, 1.82) is 0 Å². The molecule has 0 spiro atoms. The monoisotopic (exact) mass is 508 g/mol. The quantitative estimate of drug-likeness (QED) is 0.193. The fourth-order valence-corrected chi connectivity index (χ4v) is 6.28. The second-order valence-corrected chi connectivity index (χ2v) is 11.5. The minimum atomic E-state index is -0.176. The minimum absolute atomic E-state index is 0.176. The molecule has 3 rings (SSSR count). The summed E-state index contributed by atoms with van der Waals surface area (Å²) < 4.78 is 22.1. The smallest absolute Gasteiger partial charge is 0.134 e. The Kier molecular flexibility index (Phi) is 13.6. The molecule has 37 heavy (non-hydrogen) atoms. The first-order valence-electron chi connectivity index (χ1n) is 15.7. The van der Waals surface area contributed by atoms with Gasteiger partial charge in [0, 0.05) is 11.6 Å². The summed E-state index contributed by atoms with van der Waals surface area (Å²) in [6.07, 6.45) is 21.7. The molecule has 1 nitrogen and oxygen atoms in total. The fourth-order valence-electron chi connectivity index (χ4n) is 6.28. The molecule has 0 N–H and O–H groups in total. The van der Waals surface area contributed by atoms with Crippen LogP contribution in [-0.4, -0.2) is 6.10 Å². The molecule has 1 aliphatic rings. The summed E-state index contributed by atoms with van der Waals surface area (Å²) in [6.45, 7) is 6.82. The van der Waals surface area contributed by atoms with Gasteiger partial charge in [-0.05, 0) is 73.6 Å². The molecular weight excluding hydrogens is 455 g/mol. The number of benzene rings is 2. The van der Waals surface area contributed by atoms with Crippen LogP contribution in [0.25, 0.3) is 11.1 Å². The maximum Gasteiger partial charge on any atom is 0.134 e. The highest BCUT2D eigenvalue weighted by Crippen LogP contribution is 2.37. The molecule has 0 saturated heterocycles. The normalized spacial score (nSPS) is 16.0. The van der Waals surface area contributed by atoms with Crippen LogP contribution in [0.4, 0.5) is 4.39 Å². The van der Waals surface area contributed by atoms with E-state index in [-0.39, 0.29) is 11.9 Å². The molecule has 0 radical (unpaired) electrons. The summed E-state index contributed by atoms with van der Waals surface area (Å²) in [6, 6.07) is 14.1. The Bertz CT molecular complexity index is 867. The lowest BCUT2D eigenvalue weighted by atomic mass is 9.77. The first-order chi connectivity index (χ1) is 18.2. The van der Waals surface area contributed by atoms with Crippen LogP contribution in [0.5, 0.6) is 5.75 Å². The van der Waals surface area contributed by atoms with Crippen LogP contribution in [0.1, 0.15) is 129 Å². The largest absolute Gasteiger partial charge is 0.490 e. The molecule has 0 aliphatic heterocycles. The van der Waals surface area contributed by atoms with Crippen molar-refractivity contribution in [1.82, 2.24) is 0 Å². The molecule has 2 unspecified atom stereocenters. The van der Waals surface area contributed by atoms with Gasteiger partial charge in [0.1, 0.15) is 17.7 Å². The van der Waals surface area contributed by atoms with Gasteiger partial charge in [-0.1, -0.05) is 116 Å². The fraction of sp³-hybridized carbons (Fsp3) is 0.657. The Morgan fingerprint density at radius 3 is 2.14 bits per heavy atom. The molecule has 2 heteroatoms. The van der Waals surface area contributed by atoms with Gasteiger partial charge in [-0.2, -0.15) is 0 Å². The van der Waals surface area contributed by atoms with Crippen molar-refractivity contribution < 1.29 is 9.13 Å². The lowest BCUT2D eigenvalue weighted by Crippen LogP contribution is -2.36. The van der Waals surface area contributed by atoms with Crippen molar-refractivity contribution in [2.75, 3.05) is 0 Å². The summed E-state index contributed by atoms with van der Waals surface area (Å²) in [5, 5.41) is 0. The number of aryl methyl sites for hydroxylation is 1. The molecule has 0 amide bonds. The van der Waals surface area contributed by atoms with Crippen LogP contribution in [0.15, 0.2) is 42.5 Å². The van der Waals surface area contributed by atoms with Gasteiger partial charge in [0.05, 0.1) is 0 Å². The van der Waals surface area contributed by atoms with Crippen molar-refractivity contribution >= 4 is 0 Å². The highest BCUT2D eigenvalue weighted by atomic mass is 19.1. The summed E-state index contributed by atoms with van der Waals surface area (Å²) in [5.74, 6) is 1.70. The van der Waals surface area contributed by atoms with Gasteiger partial charge in [0.2, 0.25) is 0 Å². The SMILES string of the molecule is CCCCCCCc1ccc(-c2ccc(OC(C(CCC)CCCCC)C3CCCCC3)cc2F)cc1. The topological polar surface area (TPSA) is 9.23 Å². The predicted molar refractivity (Wildman–Crippen MR) is 158 cm³/mol. The standard InChI is InChI=1S/C35H53FO/c1-4-7-9-10-13-17-28-21-23-29(24-22-28)33-26-25-32(27-34(33)36)37-35(31-19-14-11-15-20-31)30(16-6-3)18-12-8-5-2/h21-27,30-31,35H,4-20H2,1-3H3. The van der Waals surface area contributed by atoms with Gasteiger partial charge in [-0.3, -0.25) is 0 Å². The average Bonchev–Trinajstić information content (AvgIpc) is 2.92. The zero-order valence-electron chi connectivity index (χ0n) is 24.1. The van der Waals surface area contributed by atoms with Crippen molar-refractivity contribution in [3.63, 3.8) is 0 Å². The minimum Gasteiger partial charge on any atom is -0.490 e. The zero-order chi connectivity index (χ0) is 26.3. The van der Waals surface area contributed by atoms with Crippen LogP contribution in [0.2, 0.25) is 0 Å². The number of ether oxygens (including phenoxy) is 1. The number of halogens is 1. The molecule has 2 atom stereocenters. The van der Waals surface area contributed by atoms with Crippen molar-refractivity contribution in [2.45, 2.75) is 136 Å². The summed E-state index contributed by atoms with van der Waals surface area (Å²) in [4.78, 5) is 0. The molecule has 2 aromatic carbocycles. The number of hydrogen-bond acceptors (Lipinski definition) is 1. The van der Waals surface area contributed by atoms with Gasteiger partial charge < -0.3 is 4.74 Å². The average molecular weight is 509 g/mol.